The fourth-order valence-electron chi connectivity index (χ4n) is 1.88. The fourth-order valence-corrected chi connectivity index (χ4v) is 1.88. The van der Waals surface area contributed by atoms with Gasteiger partial charge in [0.15, 0.2) is 0 Å². The van der Waals surface area contributed by atoms with Gasteiger partial charge in [-0.2, -0.15) is 0 Å². The second-order valence-electron chi connectivity index (χ2n) is 5.45. The molecule has 0 unspecified atom stereocenters. The first-order chi connectivity index (χ1) is 9.07. The summed E-state index contributed by atoms with van der Waals surface area (Å²) in [7, 11) is 0. The third kappa shape index (κ3) is 3.29. The Balaban J connectivity index is 0.00000147. The Labute approximate surface area is 123 Å². The Morgan fingerprint density at radius 2 is 1.75 bits per heavy atom. The molecule has 0 saturated heterocycles. The van der Waals surface area contributed by atoms with Crippen LogP contribution in [0.2, 0.25) is 0 Å². The van der Waals surface area contributed by atoms with Gasteiger partial charge in [0.2, 0.25) is 11.8 Å². The summed E-state index contributed by atoms with van der Waals surface area (Å²) in [6.45, 7) is 0. The number of hydrogen-bond donors (Lipinski definition) is 3. The van der Waals surface area contributed by atoms with Crippen LogP contribution in [0.1, 0.15) is 25.7 Å². The fraction of sp³-hybridized carbons (Fsp3) is 0.429. The monoisotopic (exact) mass is 295 g/mol. The van der Waals surface area contributed by atoms with Crippen molar-refractivity contribution in [1.29, 1.82) is 0 Å². The van der Waals surface area contributed by atoms with Gasteiger partial charge in [-0.1, -0.05) is 6.07 Å². The SMILES string of the molecule is Cl.NC1(C(=O)Nc2cccc(NC(=O)C3CC3)c2)CC1. The molecule has 3 rings (SSSR count). The molecule has 20 heavy (non-hydrogen) atoms. The molecule has 2 aliphatic rings. The van der Waals surface area contributed by atoms with Gasteiger partial charge in [-0.15, -0.1) is 12.4 Å². The van der Waals surface area contributed by atoms with E-state index in [9.17, 15) is 9.59 Å². The predicted octanol–water partition coefficient (Wildman–Crippen LogP) is 1.89. The molecule has 0 heterocycles. The maximum Gasteiger partial charge on any atom is 0.244 e. The topological polar surface area (TPSA) is 84.2 Å². The maximum atomic E-state index is 11.8. The van der Waals surface area contributed by atoms with Crippen molar-refractivity contribution in [3.63, 3.8) is 0 Å². The lowest BCUT2D eigenvalue weighted by Crippen LogP contribution is -2.37. The van der Waals surface area contributed by atoms with E-state index in [1.807, 2.05) is 6.07 Å². The molecule has 2 aliphatic carbocycles. The third-order valence-electron chi connectivity index (χ3n) is 3.58. The van der Waals surface area contributed by atoms with Crippen LogP contribution in [0.25, 0.3) is 0 Å². The number of amides is 2. The summed E-state index contributed by atoms with van der Waals surface area (Å²) < 4.78 is 0. The van der Waals surface area contributed by atoms with Gasteiger partial charge < -0.3 is 16.4 Å². The van der Waals surface area contributed by atoms with Crippen LogP contribution < -0.4 is 16.4 Å². The zero-order valence-electron chi connectivity index (χ0n) is 11.0. The average Bonchev–Trinajstić information content (AvgIpc) is 3.24. The molecule has 0 spiro atoms. The number of hydrogen-bond acceptors (Lipinski definition) is 3. The van der Waals surface area contributed by atoms with Gasteiger partial charge in [0.05, 0.1) is 5.54 Å². The van der Waals surface area contributed by atoms with Crippen LogP contribution in [0.4, 0.5) is 11.4 Å². The van der Waals surface area contributed by atoms with E-state index in [1.165, 1.54) is 0 Å². The van der Waals surface area contributed by atoms with E-state index in [0.717, 1.165) is 25.7 Å². The highest BCUT2D eigenvalue weighted by molar-refractivity contribution is 6.01. The van der Waals surface area contributed by atoms with Crippen LogP contribution in [0.15, 0.2) is 24.3 Å². The standard InChI is InChI=1S/C14H17N3O2.ClH/c15-14(6-7-14)13(19)17-11-3-1-2-10(8-11)16-12(18)9-4-5-9;/h1-3,8-9H,4-7,15H2,(H,16,18)(H,17,19);1H. The normalized spacial score (nSPS) is 18.6. The summed E-state index contributed by atoms with van der Waals surface area (Å²) in [5.41, 5.74) is 6.50. The minimum absolute atomic E-state index is 0. The van der Waals surface area contributed by atoms with Gasteiger partial charge in [0.25, 0.3) is 0 Å². The van der Waals surface area contributed by atoms with Crippen molar-refractivity contribution >= 4 is 35.6 Å². The van der Waals surface area contributed by atoms with Gasteiger partial charge in [0.1, 0.15) is 0 Å². The van der Waals surface area contributed by atoms with Crippen molar-refractivity contribution in [3.8, 4) is 0 Å². The minimum Gasteiger partial charge on any atom is -0.326 e. The molecule has 0 radical (unpaired) electrons. The van der Waals surface area contributed by atoms with E-state index in [1.54, 1.807) is 18.2 Å². The number of rotatable bonds is 4. The molecule has 0 aromatic heterocycles. The lowest BCUT2D eigenvalue weighted by molar-refractivity contribution is -0.118. The highest BCUT2D eigenvalue weighted by atomic mass is 35.5. The Kier molecular flexibility index (Phi) is 4.01. The minimum atomic E-state index is -0.687. The number of carbonyl (C=O) groups is 2. The molecule has 0 atom stereocenters. The molecule has 0 aliphatic heterocycles. The lowest BCUT2D eigenvalue weighted by Gasteiger charge is -2.11. The lowest BCUT2D eigenvalue weighted by atomic mass is 10.2. The first kappa shape index (κ1) is 14.8. The van der Waals surface area contributed by atoms with E-state index in [2.05, 4.69) is 10.6 Å². The van der Waals surface area contributed by atoms with E-state index < -0.39 is 5.54 Å². The first-order valence-corrected chi connectivity index (χ1v) is 6.58. The maximum absolute atomic E-state index is 11.8. The summed E-state index contributed by atoms with van der Waals surface area (Å²) >= 11 is 0. The summed E-state index contributed by atoms with van der Waals surface area (Å²) in [6, 6.07) is 7.15. The van der Waals surface area contributed by atoms with Gasteiger partial charge in [-0.3, -0.25) is 9.59 Å². The summed E-state index contributed by atoms with van der Waals surface area (Å²) in [6.07, 6.45) is 3.41. The molecule has 108 valence electrons. The number of nitrogens with two attached hydrogens (primary N) is 1. The van der Waals surface area contributed by atoms with Crippen LogP contribution in [0, 0.1) is 5.92 Å². The summed E-state index contributed by atoms with van der Waals surface area (Å²) in [5, 5.41) is 5.64. The van der Waals surface area contributed by atoms with Crippen LogP contribution in [-0.4, -0.2) is 17.4 Å². The van der Waals surface area contributed by atoms with Crippen molar-refractivity contribution in [2.24, 2.45) is 11.7 Å². The highest BCUT2D eigenvalue weighted by Gasteiger charge is 2.45. The second-order valence-corrected chi connectivity index (χ2v) is 5.45. The van der Waals surface area contributed by atoms with E-state index in [0.29, 0.717) is 11.4 Å². The summed E-state index contributed by atoms with van der Waals surface area (Å²) in [4.78, 5) is 23.5. The van der Waals surface area contributed by atoms with Crippen molar-refractivity contribution < 1.29 is 9.59 Å². The van der Waals surface area contributed by atoms with Crippen molar-refractivity contribution in [1.82, 2.24) is 0 Å². The third-order valence-corrected chi connectivity index (χ3v) is 3.58. The van der Waals surface area contributed by atoms with Crippen molar-refractivity contribution in [2.45, 2.75) is 31.2 Å². The van der Waals surface area contributed by atoms with Crippen LogP contribution in [0.3, 0.4) is 0 Å². The number of benzene rings is 1. The van der Waals surface area contributed by atoms with Crippen molar-refractivity contribution in [2.75, 3.05) is 10.6 Å². The molecular weight excluding hydrogens is 278 g/mol. The van der Waals surface area contributed by atoms with Crippen LogP contribution in [-0.2, 0) is 9.59 Å². The average molecular weight is 296 g/mol. The van der Waals surface area contributed by atoms with E-state index in [-0.39, 0.29) is 30.1 Å². The molecule has 0 bridgehead atoms. The second kappa shape index (κ2) is 5.42. The Hall–Kier alpha value is -1.59. The predicted molar refractivity (Wildman–Crippen MR) is 79.8 cm³/mol. The molecule has 1 aromatic rings. The van der Waals surface area contributed by atoms with E-state index in [4.69, 9.17) is 5.73 Å². The number of anilines is 2. The van der Waals surface area contributed by atoms with Gasteiger partial charge in [-0.05, 0) is 43.9 Å². The number of nitrogens with one attached hydrogen (secondary N) is 2. The first-order valence-electron chi connectivity index (χ1n) is 6.58. The number of halogens is 1. The van der Waals surface area contributed by atoms with Gasteiger partial charge in [0, 0.05) is 17.3 Å². The molecule has 2 amide bonds. The van der Waals surface area contributed by atoms with Crippen LogP contribution >= 0.6 is 12.4 Å². The highest BCUT2D eigenvalue weighted by Crippen LogP contribution is 2.34. The zero-order valence-corrected chi connectivity index (χ0v) is 11.8. The molecule has 6 heteroatoms. The quantitative estimate of drug-likeness (QED) is 0.793. The zero-order chi connectivity index (χ0) is 13.5. The molecular formula is C14H18ClN3O2. The smallest absolute Gasteiger partial charge is 0.244 e. The molecule has 1 aromatic carbocycles. The van der Waals surface area contributed by atoms with Crippen LogP contribution in [0.5, 0.6) is 0 Å². The molecule has 2 saturated carbocycles. The largest absolute Gasteiger partial charge is 0.326 e. The molecule has 4 N–H and O–H groups in total. The Morgan fingerprint density at radius 3 is 2.30 bits per heavy atom. The van der Waals surface area contributed by atoms with E-state index >= 15 is 0 Å². The van der Waals surface area contributed by atoms with Gasteiger partial charge >= 0.3 is 0 Å². The van der Waals surface area contributed by atoms with Crippen molar-refractivity contribution in [3.05, 3.63) is 24.3 Å². The summed E-state index contributed by atoms with van der Waals surface area (Å²) in [5.74, 6) is 0.0659. The number of carbonyl (C=O) groups excluding carboxylic acids is 2. The molecule has 2 fully saturated rings. The molecule has 5 nitrogen and oxygen atoms in total. The Morgan fingerprint density at radius 1 is 1.15 bits per heavy atom. The van der Waals surface area contributed by atoms with Gasteiger partial charge in [-0.25, -0.2) is 0 Å². The Bertz CT molecular complexity index is 539.